The van der Waals surface area contributed by atoms with Crippen molar-refractivity contribution >= 4 is 17.3 Å². The van der Waals surface area contributed by atoms with Crippen molar-refractivity contribution in [2.75, 3.05) is 0 Å². The average molecular weight is 342 g/mol. The van der Waals surface area contributed by atoms with Crippen molar-refractivity contribution in [3.63, 3.8) is 0 Å². The second-order valence-corrected chi connectivity index (χ2v) is 8.78. The minimum absolute atomic E-state index is 0.164. The maximum Gasteiger partial charge on any atom is 0.171 e. The van der Waals surface area contributed by atoms with Gasteiger partial charge in [0.05, 0.1) is 6.04 Å². The summed E-state index contributed by atoms with van der Waals surface area (Å²) in [5.74, 6) is 2.48. The fourth-order valence-corrected chi connectivity index (χ4v) is 6.43. The lowest BCUT2D eigenvalue weighted by atomic mass is 9.48. The number of nitrogens with one attached hydrogen (secondary N) is 2. The predicted octanol–water partition coefficient (Wildman–Crippen LogP) is 4.44. The predicted molar refractivity (Wildman–Crippen MR) is 96.7 cm³/mol. The molecule has 1 aromatic carbocycles. The second kappa shape index (κ2) is 5.29. The molecule has 0 spiro atoms. The zero-order valence-corrected chi connectivity index (χ0v) is 14.5. The van der Waals surface area contributed by atoms with E-state index in [1.807, 2.05) is 12.1 Å². The first-order valence-electron chi connectivity index (χ1n) is 9.15. The molecule has 6 rings (SSSR count). The molecule has 126 valence electrons. The van der Waals surface area contributed by atoms with Crippen LogP contribution in [-0.4, -0.2) is 5.11 Å². The van der Waals surface area contributed by atoms with Gasteiger partial charge >= 0.3 is 0 Å². The van der Waals surface area contributed by atoms with Crippen molar-refractivity contribution < 1.29 is 4.39 Å². The van der Waals surface area contributed by atoms with Crippen LogP contribution in [0.25, 0.3) is 0 Å². The first-order valence-corrected chi connectivity index (χ1v) is 9.56. The molecule has 0 aromatic heterocycles. The van der Waals surface area contributed by atoms with Crippen LogP contribution in [0.3, 0.4) is 0 Å². The van der Waals surface area contributed by atoms with Gasteiger partial charge in [0, 0.05) is 16.7 Å². The average Bonchev–Trinajstić information content (AvgIpc) is 2.53. The van der Waals surface area contributed by atoms with Crippen LogP contribution in [0.2, 0.25) is 0 Å². The van der Waals surface area contributed by atoms with E-state index in [-0.39, 0.29) is 17.3 Å². The van der Waals surface area contributed by atoms with Gasteiger partial charge in [0.2, 0.25) is 0 Å². The molecule has 1 atom stereocenters. The van der Waals surface area contributed by atoms with E-state index in [2.05, 4.69) is 16.7 Å². The van der Waals surface area contributed by atoms with E-state index >= 15 is 0 Å². The Morgan fingerprint density at radius 1 is 1.00 bits per heavy atom. The summed E-state index contributed by atoms with van der Waals surface area (Å²) in [6.45, 7) is 0. The summed E-state index contributed by atoms with van der Waals surface area (Å²) in [6.07, 6.45) is 10.3. The molecule has 4 fully saturated rings. The van der Waals surface area contributed by atoms with E-state index in [0.717, 1.165) is 17.8 Å². The van der Waals surface area contributed by atoms with Gasteiger partial charge in [-0.1, -0.05) is 18.2 Å². The fraction of sp³-hybridized carbons (Fsp3) is 0.550. The number of rotatable bonds is 2. The van der Waals surface area contributed by atoms with Crippen molar-refractivity contribution in [3.8, 4) is 0 Å². The third kappa shape index (κ3) is 2.30. The molecule has 0 amide bonds. The number of hydrogen-bond donors (Lipinski definition) is 2. The van der Waals surface area contributed by atoms with Crippen molar-refractivity contribution in [3.05, 3.63) is 47.4 Å². The van der Waals surface area contributed by atoms with Gasteiger partial charge in [-0.25, -0.2) is 4.39 Å². The Morgan fingerprint density at radius 3 is 2.25 bits per heavy atom. The van der Waals surface area contributed by atoms with Crippen molar-refractivity contribution in [2.45, 2.75) is 44.6 Å². The van der Waals surface area contributed by atoms with Crippen molar-refractivity contribution in [2.24, 2.45) is 23.2 Å². The third-order valence-electron chi connectivity index (χ3n) is 6.72. The molecule has 4 saturated carbocycles. The maximum absolute atomic E-state index is 14.3. The SMILES string of the molecule is Fc1ccccc1[C@H]1C=C(C23CC4CC(CC(C4)C2)C3)NC(=S)N1. The molecular weight excluding hydrogens is 319 g/mol. The van der Waals surface area contributed by atoms with Gasteiger partial charge in [-0.15, -0.1) is 0 Å². The molecule has 4 aliphatic carbocycles. The van der Waals surface area contributed by atoms with Crippen LogP contribution in [0.1, 0.15) is 50.1 Å². The number of benzene rings is 1. The van der Waals surface area contributed by atoms with E-state index in [4.69, 9.17) is 12.2 Å². The molecule has 0 radical (unpaired) electrons. The fourth-order valence-electron chi connectivity index (χ4n) is 6.19. The largest absolute Gasteiger partial charge is 0.352 e. The molecule has 1 aliphatic heterocycles. The summed E-state index contributed by atoms with van der Waals surface area (Å²) >= 11 is 5.47. The van der Waals surface area contributed by atoms with Gasteiger partial charge in [-0.2, -0.15) is 0 Å². The number of thiocarbonyl (C=S) groups is 1. The Labute approximate surface area is 147 Å². The topological polar surface area (TPSA) is 24.1 Å². The monoisotopic (exact) mass is 342 g/mol. The highest BCUT2D eigenvalue weighted by atomic mass is 32.1. The molecule has 1 heterocycles. The smallest absolute Gasteiger partial charge is 0.171 e. The van der Waals surface area contributed by atoms with E-state index in [9.17, 15) is 4.39 Å². The first kappa shape index (κ1) is 14.9. The Kier molecular flexibility index (Phi) is 3.28. The quantitative estimate of drug-likeness (QED) is 0.777. The lowest BCUT2D eigenvalue weighted by Gasteiger charge is -2.58. The van der Waals surface area contributed by atoms with Crippen LogP contribution in [0.4, 0.5) is 4.39 Å². The molecule has 2 nitrogen and oxygen atoms in total. The van der Waals surface area contributed by atoms with Crippen LogP contribution in [0.5, 0.6) is 0 Å². The van der Waals surface area contributed by atoms with Gasteiger partial charge in [0.25, 0.3) is 0 Å². The van der Waals surface area contributed by atoms with Crippen LogP contribution < -0.4 is 10.6 Å². The molecule has 1 aromatic rings. The molecule has 0 unspecified atom stereocenters. The van der Waals surface area contributed by atoms with Crippen LogP contribution >= 0.6 is 12.2 Å². The van der Waals surface area contributed by atoms with E-state index in [1.165, 1.54) is 50.3 Å². The van der Waals surface area contributed by atoms with Gasteiger partial charge in [0.1, 0.15) is 5.82 Å². The Balaban J connectivity index is 1.53. The number of halogens is 1. The second-order valence-electron chi connectivity index (χ2n) is 8.38. The number of hydrogen-bond acceptors (Lipinski definition) is 1. The maximum atomic E-state index is 14.3. The Morgan fingerprint density at radius 2 is 1.62 bits per heavy atom. The normalized spacial score (nSPS) is 40.0. The molecule has 4 heteroatoms. The summed E-state index contributed by atoms with van der Waals surface area (Å²) < 4.78 is 14.3. The summed E-state index contributed by atoms with van der Waals surface area (Å²) in [7, 11) is 0. The Bertz CT molecular complexity index is 691. The van der Waals surface area contributed by atoms with Crippen LogP contribution in [0.15, 0.2) is 36.0 Å². The minimum Gasteiger partial charge on any atom is -0.352 e. The molecule has 4 bridgehead atoms. The minimum atomic E-state index is -0.166. The molecule has 0 saturated heterocycles. The molecule has 24 heavy (non-hydrogen) atoms. The third-order valence-corrected chi connectivity index (χ3v) is 6.94. The summed E-state index contributed by atoms with van der Waals surface area (Å²) in [5.41, 5.74) is 2.20. The molecule has 2 N–H and O–H groups in total. The van der Waals surface area contributed by atoms with E-state index in [0.29, 0.717) is 10.7 Å². The van der Waals surface area contributed by atoms with Gasteiger partial charge in [-0.05, 0) is 80.6 Å². The Hall–Kier alpha value is -1.42. The highest BCUT2D eigenvalue weighted by molar-refractivity contribution is 7.80. The lowest BCUT2D eigenvalue weighted by Crippen LogP contribution is -2.53. The zero-order valence-electron chi connectivity index (χ0n) is 13.7. The van der Waals surface area contributed by atoms with Crippen molar-refractivity contribution in [1.29, 1.82) is 0 Å². The zero-order chi connectivity index (χ0) is 16.3. The van der Waals surface area contributed by atoms with Gasteiger partial charge in [0.15, 0.2) is 5.11 Å². The highest BCUT2D eigenvalue weighted by Gasteiger charge is 2.53. The lowest BCUT2D eigenvalue weighted by molar-refractivity contribution is -0.0332. The van der Waals surface area contributed by atoms with Crippen LogP contribution in [-0.2, 0) is 0 Å². The summed E-state index contributed by atoms with van der Waals surface area (Å²) in [6, 6.07) is 6.85. The van der Waals surface area contributed by atoms with E-state index < -0.39 is 0 Å². The van der Waals surface area contributed by atoms with Crippen LogP contribution in [0, 0.1) is 29.0 Å². The highest BCUT2D eigenvalue weighted by Crippen LogP contribution is 2.62. The molecule has 5 aliphatic rings. The summed E-state index contributed by atoms with van der Waals surface area (Å²) in [5, 5.41) is 7.33. The molecular formula is C20H23FN2S. The standard InChI is InChI=1S/C20H23FN2S/c21-16-4-2-1-3-15(16)17-8-18(23-19(24)22-17)20-9-12-5-13(10-20)7-14(6-12)11-20/h1-4,8,12-14,17H,5-7,9-11H2,(H2,22,23,24)/t12?,13?,14?,17-,20?/m1/s1. The van der Waals surface area contributed by atoms with Gasteiger partial charge in [-0.3, -0.25) is 0 Å². The van der Waals surface area contributed by atoms with Crippen molar-refractivity contribution in [1.82, 2.24) is 10.6 Å². The first-order chi connectivity index (χ1) is 11.6. The van der Waals surface area contributed by atoms with E-state index in [1.54, 1.807) is 6.07 Å². The van der Waals surface area contributed by atoms with Gasteiger partial charge < -0.3 is 10.6 Å². The summed E-state index contributed by atoms with van der Waals surface area (Å²) in [4.78, 5) is 0. The number of allylic oxidation sites excluding steroid dienone is 1.